The van der Waals surface area contributed by atoms with Crippen LogP contribution < -0.4 is 10.6 Å². The maximum absolute atomic E-state index is 8.96. The zero-order valence-electron chi connectivity index (χ0n) is 15.2. The molecule has 0 spiro atoms. The summed E-state index contributed by atoms with van der Waals surface area (Å²) in [4.78, 5) is 0. The lowest BCUT2D eigenvalue weighted by Crippen LogP contribution is -2.52. The first-order chi connectivity index (χ1) is 12.2. The summed E-state index contributed by atoms with van der Waals surface area (Å²) < 4.78 is 1.86. The minimum atomic E-state index is 0.231. The molecule has 0 amide bonds. The Morgan fingerprint density at radius 3 is 2.56 bits per heavy atom. The van der Waals surface area contributed by atoms with E-state index in [-0.39, 0.29) is 5.54 Å². The van der Waals surface area contributed by atoms with E-state index in [0.717, 1.165) is 24.3 Å². The summed E-state index contributed by atoms with van der Waals surface area (Å²) in [7, 11) is 4.03. The molecular weight excluding hydrogens is 310 g/mol. The van der Waals surface area contributed by atoms with Crippen LogP contribution in [-0.4, -0.2) is 28.9 Å². The molecule has 1 saturated carbocycles. The van der Waals surface area contributed by atoms with E-state index >= 15 is 0 Å². The Morgan fingerprint density at radius 2 is 1.92 bits per heavy atom. The Bertz CT molecular complexity index is 732. The molecule has 1 aliphatic rings. The van der Waals surface area contributed by atoms with E-state index in [1.54, 1.807) is 0 Å². The number of aromatic nitrogens is 2. The van der Waals surface area contributed by atoms with E-state index in [9.17, 15) is 0 Å². The number of likely N-dealkylation sites (N-methyl/N-ethyl adjacent to an activating group) is 1. The van der Waals surface area contributed by atoms with E-state index in [4.69, 9.17) is 5.26 Å². The highest BCUT2D eigenvalue weighted by Crippen LogP contribution is 2.28. The monoisotopic (exact) mass is 337 g/mol. The number of aryl methyl sites for hydroxylation is 1. The topological polar surface area (TPSA) is 65.7 Å². The first kappa shape index (κ1) is 17.7. The third kappa shape index (κ3) is 4.09. The molecule has 0 bridgehead atoms. The molecule has 5 nitrogen and oxygen atoms in total. The van der Waals surface area contributed by atoms with E-state index in [1.807, 2.05) is 36.0 Å². The number of nitrogens with zero attached hydrogens (tertiary/aromatic N) is 3. The van der Waals surface area contributed by atoms with Crippen LogP contribution in [0.2, 0.25) is 0 Å². The molecule has 0 radical (unpaired) electrons. The van der Waals surface area contributed by atoms with Gasteiger partial charge in [-0.15, -0.1) is 0 Å². The van der Waals surface area contributed by atoms with Crippen molar-refractivity contribution in [1.82, 2.24) is 20.4 Å². The smallest absolute Gasteiger partial charge is 0.0991 e. The summed E-state index contributed by atoms with van der Waals surface area (Å²) in [5, 5.41) is 20.8. The summed E-state index contributed by atoms with van der Waals surface area (Å²) >= 11 is 0. The van der Waals surface area contributed by atoms with Crippen molar-refractivity contribution in [3.8, 4) is 17.3 Å². The number of rotatable bonds is 6. The van der Waals surface area contributed by atoms with Gasteiger partial charge in [-0.25, -0.2) is 0 Å². The van der Waals surface area contributed by atoms with Gasteiger partial charge in [0.25, 0.3) is 0 Å². The van der Waals surface area contributed by atoms with Crippen LogP contribution in [0.5, 0.6) is 0 Å². The van der Waals surface area contributed by atoms with Gasteiger partial charge in [-0.05, 0) is 32.0 Å². The largest absolute Gasteiger partial charge is 0.313 e. The summed E-state index contributed by atoms with van der Waals surface area (Å²) in [6.07, 6.45) is 8.54. The molecule has 1 aromatic carbocycles. The predicted octanol–water partition coefficient (Wildman–Crippen LogP) is 2.97. The second-order valence-electron chi connectivity index (χ2n) is 7.06. The third-order valence-electron chi connectivity index (χ3n) is 5.31. The van der Waals surface area contributed by atoms with Crippen molar-refractivity contribution in [3.05, 3.63) is 41.6 Å². The van der Waals surface area contributed by atoms with Crippen LogP contribution in [0.4, 0.5) is 0 Å². The normalized spacial score (nSPS) is 16.5. The fourth-order valence-corrected chi connectivity index (χ4v) is 3.79. The maximum atomic E-state index is 8.96. The van der Waals surface area contributed by atoms with Crippen LogP contribution in [0, 0.1) is 11.3 Å². The van der Waals surface area contributed by atoms with E-state index in [2.05, 4.69) is 35.0 Å². The highest BCUT2D eigenvalue weighted by molar-refractivity contribution is 5.63. The third-order valence-corrected chi connectivity index (χ3v) is 5.31. The molecule has 1 heterocycles. The minimum absolute atomic E-state index is 0.231. The molecule has 0 aliphatic heterocycles. The van der Waals surface area contributed by atoms with Crippen molar-refractivity contribution in [1.29, 1.82) is 5.26 Å². The van der Waals surface area contributed by atoms with Crippen molar-refractivity contribution >= 4 is 0 Å². The van der Waals surface area contributed by atoms with Crippen LogP contribution in [0.3, 0.4) is 0 Å². The number of hydrogen-bond acceptors (Lipinski definition) is 4. The molecule has 0 atom stereocenters. The highest BCUT2D eigenvalue weighted by Gasteiger charge is 2.29. The summed E-state index contributed by atoms with van der Waals surface area (Å²) in [6.45, 7) is 1.78. The Balaban J connectivity index is 1.69. The van der Waals surface area contributed by atoms with Crippen molar-refractivity contribution in [2.24, 2.45) is 7.05 Å². The second kappa shape index (κ2) is 7.81. The van der Waals surface area contributed by atoms with E-state index < -0.39 is 0 Å². The number of nitriles is 1. The minimum Gasteiger partial charge on any atom is -0.313 e. The van der Waals surface area contributed by atoms with Gasteiger partial charge >= 0.3 is 0 Å². The zero-order valence-corrected chi connectivity index (χ0v) is 15.2. The standard InChI is InChI=1S/C20H27N5/c1-22-20(10-4-3-5-11-20)15-23-13-18-14-25(2)24-19(18)17-8-6-16(12-21)7-9-17/h6-9,14,22-23H,3-5,10-11,13,15H2,1-2H3. The molecule has 1 aromatic heterocycles. The van der Waals surface area contributed by atoms with Crippen molar-refractivity contribution in [2.45, 2.75) is 44.2 Å². The highest BCUT2D eigenvalue weighted by atomic mass is 15.3. The van der Waals surface area contributed by atoms with E-state index in [1.165, 1.54) is 37.7 Å². The van der Waals surface area contributed by atoms with Gasteiger partial charge in [-0.1, -0.05) is 31.4 Å². The second-order valence-corrected chi connectivity index (χ2v) is 7.06. The van der Waals surface area contributed by atoms with Gasteiger partial charge in [0.05, 0.1) is 17.3 Å². The Kier molecular flexibility index (Phi) is 5.52. The van der Waals surface area contributed by atoms with Crippen molar-refractivity contribution < 1.29 is 0 Å². The number of hydrogen-bond donors (Lipinski definition) is 2. The van der Waals surface area contributed by atoms with E-state index in [0.29, 0.717) is 5.56 Å². The molecule has 132 valence electrons. The Labute approximate surface area is 150 Å². The quantitative estimate of drug-likeness (QED) is 0.850. The lowest BCUT2D eigenvalue weighted by molar-refractivity contribution is 0.237. The molecule has 5 heteroatoms. The first-order valence-electron chi connectivity index (χ1n) is 9.08. The number of nitrogens with one attached hydrogen (secondary N) is 2. The van der Waals surface area contributed by atoms with Gasteiger partial charge in [0.1, 0.15) is 0 Å². The summed E-state index contributed by atoms with van der Waals surface area (Å²) in [6, 6.07) is 9.80. The van der Waals surface area contributed by atoms with Gasteiger partial charge in [0.15, 0.2) is 0 Å². The summed E-state index contributed by atoms with van der Waals surface area (Å²) in [5.41, 5.74) is 4.13. The fourth-order valence-electron chi connectivity index (χ4n) is 3.79. The van der Waals surface area contributed by atoms with Crippen LogP contribution in [0.15, 0.2) is 30.5 Å². The molecule has 1 aliphatic carbocycles. The molecule has 3 rings (SSSR count). The molecule has 1 fully saturated rings. The Hall–Kier alpha value is -2.16. The van der Waals surface area contributed by atoms with Gasteiger partial charge in [-0.2, -0.15) is 10.4 Å². The van der Waals surface area contributed by atoms with Gasteiger partial charge in [0.2, 0.25) is 0 Å². The SMILES string of the molecule is CNC1(CNCc2cn(C)nc2-c2ccc(C#N)cc2)CCCCC1. The van der Waals surface area contributed by atoms with Crippen molar-refractivity contribution in [3.63, 3.8) is 0 Å². The molecule has 0 saturated heterocycles. The van der Waals surface area contributed by atoms with Gasteiger partial charge < -0.3 is 10.6 Å². The zero-order chi connectivity index (χ0) is 17.7. The average molecular weight is 337 g/mol. The lowest BCUT2D eigenvalue weighted by Gasteiger charge is -2.37. The van der Waals surface area contributed by atoms with Crippen molar-refractivity contribution in [2.75, 3.05) is 13.6 Å². The lowest BCUT2D eigenvalue weighted by atomic mass is 9.81. The summed E-state index contributed by atoms with van der Waals surface area (Å²) in [5.74, 6) is 0. The average Bonchev–Trinajstić information content (AvgIpc) is 3.03. The van der Waals surface area contributed by atoms with Gasteiger partial charge in [0, 0.05) is 43.0 Å². The molecule has 25 heavy (non-hydrogen) atoms. The molecule has 0 unspecified atom stereocenters. The number of benzene rings is 1. The van der Waals surface area contributed by atoms with Gasteiger partial charge in [-0.3, -0.25) is 4.68 Å². The molecule has 2 aromatic rings. The fraction of sp³-hybridized carbons (Fsp3) is 0.500. The maximum Gasteiger partial charge on any atom is 0.0991 e. The Morgan fingerprint density at radius 1 is 1.20 bits per heavy atom. The van der Waals surface area contributed by atoms with Crippen LogP contribution >= 0.6 is 0 Å². The van der Waals surface area contributed by atoms with Crippen LogP contribution in [-0.2, 0) is 13.6 Å². The van der Waals surface area contributed by atoms with Crippen LogP contribution in [0.1, 0.15) is 43.2 Å². The first-order valence-corrected chi connectivity index (χ1v) is 9.08. The molecule has 2 N–H and O–H groups in total. The molecular formula is C20H27N5. The predicted molar refractivity (Wildman–Crippen MR) is 99.9 cm³/mol. The van der Waals surface area contributed by atoms with Crippen LogP contribution in [0.25, 0.3) is 11.3 Å².